The lowest BCUT2D eigenvalue weighted by Crippen LogP contribution is -2.35. The molecule has 2 heterocycles. The highest BCUT2D eigenvalue weighted by Crippen LogP contribution is 2.39. The van der Waals surface area contributed by atoms with Gasteiger partial charge in [0.15, 0.2) is 0 Å². The quantitative estimate of drug-likeness (QED) is 0.559. The second-order valence-electron chi connectivity index (χ2n) is 6.78. The molecule has 2 aromatic carbocycles. The second-order valence-corrected chi connectivity index (χ2v) is 8.13. The molecule has 134 valence electrons. The van der Waals surface area contributed by atoms with Crippen molar-refractivity contribution in [3.8, 4) is 11.4 Å². The van der Waals surface area contributed by atoms with E-state index >= 15 is 0 Å². The first kappa shape index (κ1) is 17.7. The molecule has 1 saturated heterocycles. The summed E-state index contributed by atoms with van der Waals surface area (Å²) in [5.74, 6) is 1.86. The number of aromatic nitrogens is 2. The number of nitrogens with zero attached hydrogens (tertiary/aromatic N) is 3. The monoisotopic (exact) mass is 431 g/mol. The van der Waals surface area contributed by atoms with Crippen LogP contribution in [0.25, 0.3) is 11.4 Å². The Balaban J connectivity index is 1.64. The molecule has 0 saturated carbocycles. The van der Waals surface area contributed by atoms with Crippen molar-refractivity contribution in [2.75, 3.05) is 20.1 Å². The molecule has 2 atom stereocenters. The SMILES string of the molecule is CN1CC[C@@H](c2ccc(Cl)cc2)[C@H](c2nc(-c3ccc(Br)cc3)no2)C1. The van der Waals surface area contributed by atoms with Gasteiger partial charge in [-0.3, -0.25) is 0 Å². The smallest absolute Gasteiger partial charge is 0.231 e. The van der Waals surface area contributed by atoms with E-state index < -0.39 is 0 Å². The lowest BCUT2D eigenvalue weighted by atomic mass is 9.80. The van der Waals surface area contributed by atoms with E-state index in [-0.39, 0.29) is 5.92 Å². The zero-order valence-corrected chi connectivity index (χ0v) is 16.7. The van der Waals surface area contributed by atoms with Gasteiger partial charge in [0.25, 0.3) is 0 Å². The summed E-state index contributed by atoms with van der Waals surface area (Å²) in [6.45, 7) is 1.95. The number of hydrogen-bond donors (Lipinski definition) is 0. The van der Waals surface area contributed by atoms with E-state index in [2.05, 4.69) is 45.2 Å². The fourth-order valence-electron chi connectivity index (χ4n) is 3.58. The van der Waals surface area contributed by atoms with Crippen LogP contribution >= 0.6 is 27.5 Å². The standard InChI is InChI=1S/C20H19BrClN3O/c1-25-11-10-17(13-4-8-16(22)9-5-13)18(12-25)20-23-19(24-26-20)14-2-6-15(21)7-3-14/h2-9,17-18H,10-12H2,1H3/t17-,18+/m0/s1. The van der Waals surface area contributed by atoms with Crippen LogP contribution in [0.3, 0.4) is 0 Å². The Kier molecular flexibility index (Phi) is 5.11. The lowest BCUT2D eigenvalue weighted by Gasteiger charge is -2.35. The Bertz CT molecular complexity index is 879. The first-order chi connectivity index (χ1) is 12.6. The van der Waals surface area contributed by atoms with Gasteiger partial charge >= 0.3 is 0 Å². The maximum Gasteiger partial charge on any atom is 0.231 e. The summed E-state index contributed by atoms with van der Waals surface area (Å²) in [7, 11) is 2.14. The van der Waals surface area contributed by atoms with Crippen LogP contribution in [0.4, 0.5) is 0 Å². The summed E-state index contributed by atoms with van der Waals surface area (Å²) in [6.07, 6.45) is 1.05. The first-order valence-electron chi connectivity index (χ1n) is 8.64. The molecule has 0 radical (unpaired) electrons. The minimum atomic E-state index is 0.173. The van der Waals surface area contributed by atoms with E-state index in [1.165, 1.54) is 5.56 Å². The van der Waals surface area contributed by atoms with Gasteiger partial charge in [-0.2, -0.15) is 4.98 Å². The molecule has 3 aromatic rings. The average molecular weight is 433 g/mol. The van der Waals surface area contributed by atoms with Gasteiger partial charge in [0.1, 0.15) is 0 Å². The molecule has 4 nitrogen and oxygen atoms in total. The number of rotatable bonds is 3. The third kappa shape index (κ3) is 3.70. The summed E-state index contributed by atoms with van der Waals surface area (Å²) in [4.78, 5) is 7.04. The van der Waals surface area contributed by atoms with Crippen LogP contribution in [0.2, 0.25) is 5.02 Å². The van der Waals surface area contributed by atoms with Crippen molar-refractivity contribution in [1.29, 1.82) is 0 Å². The minimum absolute atomic E-state index is 0.173. The third-order valence-corrected chi connectivity index (χ3v) is 5.76. The Hall–Kier alpha value is -1.69. The fraction of sp³-hybridized carbons (Fsp3) is 0.300. The van der Waals surface area contributed by atoms with Gasteiger partial charge in [-0.15, -0.1) is 0 Å². The molecule has 0 bridgehead atoms. The van der Waals surface area contributed by atoms with Gasteiger partial charge in [-0.1, -0.05) is 44.8 Å². The minimum Gasteiger partial charge on any atom is -0.339 e. The van der Waals surface area contributed by atoms with Crippen molar-refractivity contribution in [2.45, 2.75) is 18.3 Å². The summed E-state index contributed by atoms with van der Waals surface area (Å²) in [5, 5.41) is 4.98. The molecule has 1 aromatic heterocycles. The molecule has 6 heteroatoms. The molecule has 4 rings (SSSR count). The van der Waals surface area contributed by atoms with Crippen molar-refractivity contribution in [1.82, 2.24) is 15.0 Å². The Morgan fingerprint density at radius 3 is 2.54 bits per heavy atom. The van der Waals surface area contributed by atoms with Gasteiger partial charge in [0, 0.05) is 21.6 Å². The summed E-state index contributed by atoms with van der Waals surface area (Å²) < 4.78 is 6.72. The van der Waals surface area contributed by atoms with Crippen LogP contribution < -0.4 is 0 Å². The molecular weight excluding hydrogens is 414 g/mol. The Labute approximate surface area is 166 Å². The van der Waals surface area contributed by atoms with Crippen molar-refractivity contribution >= 4 is 27.5 Å². The van der Waals surface area contributed by atoms with Crippen LogP contribution in [-0.4, -0.2) is 35.2 Å². The molecule has 0 N–H and O–H groups in total. The van der Waals surface area contributed by atoms with Crippen molar-refractivity contribution in [2.24, 2.45) is 0 Å². The van der Waals surface area contributed by atoms with Crippen LogP contribution in [0.15, 0.2) is 57.5 Å². The van der Waals surface area contributed by atoms with E-state index in [1.54, 1.807) is 0 Å². The largest absolute Gasteiger partial charge is 0.339 e. The molecule has 0 aliphatic carbocycles. The first-order valence-corrected chi connectivity index (χ1v) is 9.81. The summed E-state index contributed by atoms with van der Waals surface area (Å²) in [5.41, 5.74) is 2.23. The van der Waals surface area contributed by atoms with E-state index in [0.717, 1.165) is 34.6 Å². The van der Waals surface area contributed by atoms with Crippen molar-refractivity contribution in [3.05, 3.63) is 69.5 Å². The average Bonchev–Trinajstić information content (AvgIpc) is 3.13. The Morgan fingerprint density at radius 1 is 1.08 bits per heavy atom. The molecule has 1 aliphatic heterocycles. The molecular formula is C20H19BrClN3O. The van der Waals surface area contributed by atoms with Crippen LogP contribution in [0.5, 0.6) is 0 Å². The van der Waals surface area contributed by atoms with Crippen molar-refractivity contribution in [3.63, 3.8) is 0 Å². The van der Waals surface area contributed by atoms with E-state index in [9.17, 15) is 0 Å². The van der Waals surface area contributed by atoms with Crippen LogP contribution in [-0.2, 0) is 0 Å². The summed E-state index contributed by atoms with van der Waals surface area (Å²) >= 11 is 9.51. The highest BCUT2D eigenvalue weighted by molar-refractivity contribution is 9.10. The molecule has 1 aliphatic rings. The molecule has 1 fully saturated rings. The number of halogens is 2. The van der Waals surface area contributed by atoms with E-state index in [4.69, 9.17) is 21.1 Å². The molecule has 0 amide bonds. The van der Waals surface area contributed by atoms with E-state index in [1.807, 2.05) is 36.4 Å². The second kappa shape index (κ2) is 7.51. The maximum atomic E-state index is 6.06. The fourth-order valence-corrected chi connectivity index (χ4v) is 3.97. The Morgan fingerprint density at radius 2 is 1.81 bits per heavy atom. The number of benzene rings is 2. The third-order valence-electron chi connectivity index (χ3n) is 4.98. The molecule has 0 spiro atoms. The zero-order chi connectivity index (χ0) is 18.1. The van der Waals surface area contributed by atoms with Gasteiger partial charge in [0.2, 0.25) is 11.7 Å². The number of likely N-dealkylation sites (tertiary alicyclic amines) is 1. The van der Waals surface area contributed by atoms with Gasteiger partial charge in [0.05, 0.1) is 5.92 Å². The topological polar surface area (TPSA) is 42.2 Å². The van der Waals surface area contributed by atoms with Crippen molar-refractivity contribution < 1.29 is 4.52 Å². The maximum absolute atomic E-state index is 6.06. The number of hydrogen-bond acceptors (Lipinski definition) is 4. The number of likely N-dealkylation sites (N-methyl/N-ethyl adjacent to an activating group) is 1. The summed E-state index contributed by atoms with van der Waals surface area (Å²) in [6, 6.07) is 16.1. The van der Waals surface area contributed by atoms with Gasteiger partial charge < -0.3 is 9.42 Å². The lowest BCUT2D eigenvalue weighted by molar-refractivity contribution is 0.198. The van der Waals surface area contributed by atoms with Crippen LogP contribution in [0, 0.1) is 0 Å². The zero-order valence-electron chi connectivity index (χ0n) is 14.4. The predicted molar refractivity (Wildman–Crippen MR) is 106 cm³/mol. The highest BCUT2D eigenvalue weighted by Gasteiger charge is 2.34. The highest BCUT2D eigenvalue weighted by atomic mass is 79.9. The predicted octanol–water partition coefficient (Wildman–Crippen LogP) is 5.36. The number of piperidine rings is 1. The normalized spacial score (nSPS) is 21.0. The van der Waals surface area contributed by atoms with Gasteiger partial charge in [-0.05, 0) is 67.9 Å². The van der Waals surface area contributed by atoms with E-state index in [0.29, 0.717) is 17.6 Å². The molecule has 0 unspecified atom stereocenters. The molecule has 26 heavy (non-hydrogen) atoms. The van der Waals surface area contributed by atoms with Crippen LogP contribution in [0.1, 0.15) is 29.7 Å². The van der Waals surface area contributed by atoms with Gasteiger partial charge in [-0.25, -0.2) is 0 Å².